The summed E-state index contributed by atoms with van der Waals surface area (Å²) in [5.74, 6) is -0.233. The van der Waals surface area contributed by atoms with Crippen LogP contribution in [0.5, 0.6) is 5.75 Å². The molecule has 0 amide bonds. The van der Waals surface area contributed by atoms with Crippen LogP contribution in [0.1, 0.15) is 19.3 Å². The highest BCUT2D eigenvalue weighted by Crippen LogP contribution is 2.28. The molecule has 0 spiro atoms. The first kappa shape index (κ1) is 12.1. The lowest BCUT2D eigenvalue weighted by Gasteiger charge is -2.32. The third-order valence-corrected chi connectivity index (χ3v) is 3.02. The van der Waals surface area contributed by atoms with E-state index >= 15 is 0 Å². The van der Waals surface area contributed by atoms with E-state index in [1.807, 2.05) is 0 Å². The third kappa shape index (κ3) is 2.68. The highest BCUT2D eigenvalue weighted by Gasteiger charge is 2.32. The van der Waals surface area contributed by atoms with Gasteiger partial charge in [-0.05, 0) is 31.4 Å². The first-order valence-corrected chi connectivity index (χ1v) is 5.66. The van der Waals surface area contributed by atoms with E-state index in [0.717, 1.165) is 6.42 Å². The number of halogens is 1. The smallest absolute Gasteiger partial charge is 0.145 e. The third-order valence-electron chi connectivity index (χ3n) is 3.02. The van der Waals surface area contributed by atoms with Crippen molar-refractivity contribution in [2.75, 3.05) is 5.73 Å². The average molecular weight is 241 g/mol. The van der Waals surface area contributed by atoms with E-state index in [1.54, 1.807) is 0 Å². The van der Waals surface area contributed by atoms with Crippen LogP contribution in [0.4, 0.5) is 10.1 Å². The van der Waals surface area contributed by atoms with Crippen LogP contribution >= 0.6 is 0 Å². The standard InChI is InChI=1S/C12H16FNO3/c13-7-4-5-8(14)11(6-7)17-10-3-1-2-9(15)12(10)16/h4-6,9-10,12,15-16H,1-3,14H2/t9-,10-,12-/m1/s1. The maximum atomic E-state index is 13.0. The Hall–Kier alpha value is -1.33. The van der Waals surface area contributed by atoms with E-state index in [4.69, 9.17) is 10.5 Å². The highest BCUT2D eigenvalue weighted by molar-refractivity contribution is 5.52. The summed E-state index contributed by atoms with van der Waals surface area (Å²) in [6.07, 6.45) is -0.343. The molecule has 1 fully saturated rings. The van der Waals surface area contributed by atoms with Crippen molar-refractivity contribution < 1.29 is 19.3 Å². The molecule has 0 bridgehead atoms. The minimum Gasteiger partial charge on any atom is -0.485 e. The highest BCUT2D eigenvalue weighted by atomic mass is 19.1. The molecule has 4 N–H and O–H groups in total. The number of nitrogen functional groups attached to an aromatic ring is 1. The Balaban J connectivity index is 2.11. The zero-order valence-electron chi connectivity index (χ0n) is 9.34. The fourth-order valence-electron chi connectivity index (χ4n) is 2.02. The van der Waals surface area contributed by atoms with Crippen molar-refractivity contribution in [3.63, 3.8) is 0 Å². The Kier molecular flexibility index (Phi) is 3.49. The minimum atomic E-state index is -0.952. The number of aliphatic hydroxyl groups is 2. The normalized spacial score (nSPS) is 29.0. The van der Waals surface area contributed by atoms with Crippen molar-refractivity contribution in [3.05, 3.63) is 24.0 Å². The van der Waals surface area contributed by atoms with E-state index in [0.29, 0.717) is 18.5 Å². The second-order valence-corrected chi connectivity index (χ2v) is 4.33. The summed E-state index contributed by atoms with van der Waals surface area (Å²) in [5.41, 5.74) is 5.97. The molecule has 17 heavy (non-hydrogen) atoms. The van der Waals surface area contributed by atoms with Crippen molar-refractivity contribution in [2.24, 2.45) is 0 Å². The molecule has 0 heterocycles. The Morgan fingerprint density at radius 2 is 2.06 bits per heavy atom. The van der Waals surface area contributed by atoms with Gasteiger partial charge in [0.1, 0.15) is 23.8 Å². The number of hydrogen-bond donors (Lipinski definition) is 3. The summed E-state index contributed by atoms with van der Waals surface area (Å²) >= 11 is 0. The van der Waals surface area contributed by atoms with E-state index in [2.05, 4.69) is 0 Å². The zero-order chi connectivity index (χ0) is 12.4. The van der Waals surface area contributed by atoms with Crippen LogP contribution in [0.3, 0.4) is 0 Å². The van der Waals surface area contributed by atoms with E-state index in [9.17, 15) is 14.6 Å². The number of aliphatic hydroxyl groups excluding tert-OH is 2. The van der Waals surface area contributed by atoms with Gasteiger partial charge in [0.2, 0.25) is 0 Å². The molecular formula is C12H16FNO3. The molecule has 0 aliphatic heterocycles. The maximum Gasteiger partial charge on any atom is 0.145 e. The summed E-state index contributed by atoms with van der Waals surface area (Å²) in [4.78, 5) is 0. The lowest BCUT2D eigenvalue weighted by atomic mass is 9.92. The molecule has 0 aromatic heterocycles. The van der Waals surface area contributed by atoms with Crippen LogP contribution in [0.25, 0.3) is 0 Å². The van der Waals surface area contributed by atoms with Crippen molar-refractivity contribution >= 4 is 5.69 Å². The van der Waals surface area contributed by atoms with Gasteiger partial charge in [-0.1, -0.05) is 0 Å². The van der Waals surface area contributed by atoms with Crippen molar-refractivity contribution in [2.45, 2.75) is 37.6 Å². The van der Waals surface area contributed by atoms with Gasteiger partial charge >= 0.3 is 0 Å². The molecule has 94 valence electrons. The van der Waals surface area contributed by atoms with Crippen LogP contribution in [0.2, 0.25) is 0 Å². The first-order chi connectivity index (χ1) is 8.08. The van der Waals surface area contributed by atoms with Crippen molar-refractivity contribution in [1.82, 2.24) is 0 Å². The van der Waals surface area contributed by atoms with Crippen molar-refractivity contribution in [1.29, 1.82) is 0 Å². The van der Waals surface area contributed by atoms with Gasteiger partial charge in [-0.2, -0.15) is 0 Å². The maximum absolute atomic E-state index is 13.0. The van der Waals surface area contributed by atoms with Gasteiger partial charge < -0.3 is 20.7 Å². The number of rotatable bonds is 2. The predicted octanol–water partition coefficient (Wildman–Crippen LogP) is 1.06. The van der Waals surface area contributed by atoms with Crippen molar-refractivity contribution in [3.8, 4) is 5.75 Å². The number of hydrogen-bond acceptors (Lipinski definition) is 4. The molecule has 0 saturated heterocycles. The fraction of sp³-hybridized carbons (Fsp3) is 0.500. The molecule has 2 rings (SSSR count). The van der Waals surface area contributed by atoms with Crippen LogP contribution in [-0.2, 0) is 0 Å². The van der Waals surface area contributed by atoms with Gasteiger partial charge in [0.15, 0.2) is 0 Å². The number of nitrogens with two attached hydrogens (primary N) is 1. The number of ether oxygens (including phenoxy) is 1. The lowest BCUT2D eigenvalue weighted by Crippen LogP contribution is -2.44. The van der Waals surface area contributed by atoms with Crippen LogP contribution in [0, 0.1) is 5.82 Å². The Morgan fingerprint density at radius 3 is 2.82 bits per heavy atom. The molecule has 1 aromatic carbocycles. The van der Waals surface area contributed by atoms with Gasteiger partial charge in [-0.15, -0.1) is 0 Å². The Bertz CT molecular complexity index is 399. The quantitative estimate of drug-likeness (QED) is 0.677. The molecule has 1 aromatic rings. The zero-order valence-corrected chi connectivity index (χ0v) is 9.34. The number of anilines is 1. The molecule has 3 atom stereocenters. The van der Waals surface area contributed by atoms with Gasteiger partial charge in [-0.3, -0.25) is 0 Å². The molecule has 5 heteroatoms. The predicted molar refractivity (Wildman–Crippen MR) is 61.1 cm³/mol. The summed E-state index contributed by atoms with van der Waals surface area (Å²) in [6.45, 7) is 0. The fourth-order valence-corrected chi connectivity index (χ4v) is 2.02. The van der Waals surface area contributed by atoms with Gasteiger partial charge in [-0.25, -0.2) is 4.39 Å². The van der Waals surface area contributed by atoms with E-state index in [-0.39, 0.29) is 5.75 Å². The largest absolute Gasteiger partial charge is 0.485 e. The molecule has 4 nitrogen and oxygen atoms in total. The van der Waals surface area contributed by atoms with Gasteiger partial charge in [0.05, 0.1) is 11.8 Å². The molecule has 1 saturated carbocycles. The number of benzene rings is 1. The Labute approximate surface area is 98.8 Å². The van der Waals surface area contributed by atoms with E-state index < -0.39 is 24.1 Å². The average Bonchev–Trinajstić information content (AvgIpc) is 2.30. The second kappa shape index (κ2) is 4.89. The monoisotopic (exact) mass is 241 g/mol. The topological polar surface area (TPSA) is 75.7 Å². The van der Waals surface area contributed by atoms with E-state index in [1.165, 1.54) is 18.2 Å². The van der Waals surface area contributed by atoms with Crippen LogP contribution in [0.15, 0.2) is 18.2 Å². The Morgan fingerprint density at radius 1 is 1.29 bits per heavy atom. The first-order valence-electron chi connectivity index (χ1n) is 5.66. The summed E-state index contributed by atoms with van der Waals surface area (Å²) in [6, 6.07) is 3.84. The molecule has 1 aliphatic rings. The van der Waals surface area contributed by atoms with Gasteiger partial charge in [0.25, 0.3) is 0 Å². The SMILES string of the molecule is Nc1ccc(F)cc1O[C@@H]1CCC[C@@H](O)[C@H]1O. The molecule has 0 unspecified atom stereocenters. The molecule has 1 aliphatic carbocycles. The van der Waals surface area contributed by atoms with Crippen LogP contribution in [-0.4, -0.2) is 28.5 Å². The molecular weight excluding hydrogens is 225 g/mol. The minimum absolute atomic E-state index is 0.211. The summed E-state index contributed by atoms with van der Waals surface area (Å²) in [5, 5.41) is 19.3. The summed E-state index contributed by atoms with van der Waals surface area (Å²) in [7, 11) is 0. The summed E-state index contributed by atoms with van der Waals surface area (Å²) < 4.78 is 18.5. The molecule has 0 radical (unpaired) electrons. The van der Waals surface area contributed by atoms with Crippen LogP contribution < -0.4 is 10.5 Å². The second-order valence-electron chi connectivity index (χ2n) is 4.33. The lowest BCUT2D eigenvalue weighted by molar-refractivity contribution is -0.0743. The van der Waals surface area contributed by atoms with Gasteiger partial charge in [0, 0.05) is 6.07 Å².